The van der Waals surface area contributed by atoms with Crippen molar-refractivity contribution in [3.8, 4) is 0 Å². The first-order valence-electron chi connectivity index (χ1n) is 8.70. The highest BCUT2D eigenvalue weighted by atomic mass is 32.2. The van der Waals surface area contributed by atoms with Gasteiger partial charge in [-0.1, -0.05) is 48.0 Å². The van der Waals surface area contributed by atoms with E-state index in [0.29, 0.717) is 17.8 Å². The molecule has 3 rings (SSSR count). The van der Waals surface area contributed by atoms with Gasteiger partial charge in [0, 0.05) is 24.5 Å². The lowest BCUT2D eigenvalue weighted by atomic mass is 10.1. The molecule has 138 valence electrons. The number of para-hydroxylation sites is 1. The van der Waals surface area contributed by atoms with Crippen molar-refractivity contribution in [3.63, 3.8) is 0 Å². The maximum Gasteiger partial charge on any atom is 0.322 e. The van der Waals surface area contributed by atoms with Gasteiger partial charge in [0.1, 0.15) is 0 Å². The number of sulfone groups is 1. The Hall–Kier alpha value is -2.34. The van der Waals surface area contributed by atoms with Crippen LogP contribution in [0.15, 0.2) is 48.5 Å². The fourth-order valence-electron chi connectivity index (χ4n) is 3.00. The second kappa shape index (κ2) is 7.50. The Bertz CT molecular complexity index is 905. The highest BCUT2D eigenvalue weighted by molar-refractivity contribution is 7.89. The Morgan fingerprint density at radius 3 is 2.54 bits per heavy atom. The van der Waals surface area contributed by atoms with Crippen LogP contribution in [-0.2, 0) is 22.1 Å². The number of amides is 2. The molecule has 1 fully saturated rings. The normalized spacial score (nSPS) is 14.1. The SMILES string of the molecule is Cc1cccc(CN(C(=O)Nc2ccccc2CS(C)(=O)=O)C2CC2)c1. The molecule has 1 saturated carbocycles. The summed E-state index contributed by atoms with van der Waals surface area (Å²) in [5, 5.41) is 2.91. The standard InChI is InChI=1S/C20H24N2O3S/c1-15-6-5-7-16(12-15)13-22(18-10-11-18)20(23)21-19-9-4-3-8-17(19)14-26(2,24)25/h3-9,12,18H,10-11,13-14H2,1-2H3,(H,21,23). The van der Waals surface area contributed by atoms with Gasteiger partial charge < -0.3 is 10.2 Å². The van der Waals surface area contributed by atoms with E-state index in [9.17, 15) is 13.2 Å². The van der Waals surface area contributed by atoms with Crippen LogP contribution in [0.2, 0.25) is 0 Å². The summed E-state index contributed by atoms with van der Waals surface area (Å²) in [5.74, 6) is -0.0925. The van der Waals surface area contributed by atoms with Crippen molar-refractivity contribution >= 4 is 21.6 Å². The molecular weight excluding hydrogens is 348 g/mol. The molecule has 0 heterocycles. The number of carbonyl (C=O) groups is 1. The number of urea groups is 1. The molecule has 0 bridgehead atoms. The number of aryl methyl sites for hydroxylation is 1. The Labute approximate surface area is 154 Å². The molecule has 0 spiro atoms. The Morgan fingerprint density at radius 1 is 1.15 bits per heavy atom. The summed E-state index contributed by atoms with van der Waals surface area (Å²) in [6, 6.07) is 15.3. The van der Waals surface area contributed by atoms with E-state index in [2.05, 4.69) is 11.4 Å². The van der Waals surface area contributed by atoms with Crippen LogP contribution in [0.1, 0.15) is 29.5 Å². The van der Waals surface area contributed by atoms with E-state index in [1.54, 1.807) is 24.3 Å². The van der Waals surface area contributed by atoms with Crippen molar-refractivity contribution in [2.24, 2.45) is 0 Å². The zero-order chi connectivity index (χ0) is 18.7. The van der Waals surface area contributed by atoms with Crippen molar-refractivity contribution in [2.45, 2.75) is 38.1 Å². The number of rotatable bonds is 6. The van der Waals surface area contributed by atoms with E-state index < -0.39 is 9.84 Å². The largest absolute Gasteiger partial charge is 0.322 e. The van der Waals surface area contributed by atoms with Gasteiger partial charge in [0.15, 0.2) is 9.84 Å². The van der Waals surface area contributed by atoms with Crippen LogP contribution in [0, 0.1) is 6.92 Å². The van der Waals surface area contributed by atoms with E-state index in [0.717, 1.165) is 24.0 Å². The summed E-state index contributed by atoms with van der Waals surface area (Å²) >= 11 is 0. The summed E-state index contributed by atoms with van der Waals surface area (Å²) < 4.78 is 23.3. The van der Waals surface area contributed by atoms with Gasteiger partial charge in [-0.3, -0.25) is 0 Å². The molecule has 26 heavy (non-hydrogen) atoms. The lowest BCUT2D eigenvalue weighted by Crippen LogP contribution is -2.36. The molecule has 0 radical (unpaired) electrons. The predicted molar refractivity (Wildman–Crippen MR) is 104 cm³/mol. The molecule has 1 N–H and O–H groups in total. The molecule has 1 aliphatic rings. The van der Waals surface area contributed by atoms with Gasteiger partial charge in [0.05, 0.1) is 5.75 Å². The zero-order valence-corrected chi connectivity index (χ0v) is 15.9. The van der Waals surface area contributed by atoms with Crippen LogP contribution in [0.3, 0.4) is 0 Å². The second-order valence-corrected chi connectivity index (χ2v) is 9.15. The molecule has 0 atom stereocenters. The topological polar surface area (TPSA) is 66.5 Å². The van der Waals surface area contributed by atoms with Gasteiger partial charge in [-0.15, -0.1) is 0 Å². The summed E-state index contributed by atoms with van der Waals surface area (Å²) in [6.07, 6.45) is 3.20. The number of nitrogens with one attached hydrogen (secondary N) is 1. The maximum absolute atomic E-state index is 12.9. The number of benzene rings is 2. The minimum atomic E-state index is -3.18. The van der Waals surface area contributed by atoms with Gasteiger partial charge in [-0.2, -0.15) is 0 Å². The number of carbonyl (C=O) groups excluding carboxylic acids is 1. The average molecular weight is 372 g/mol. The number of anilines is 1. The molecule has 0 aliphatic heterocycles. The monoisotopic (exact) mass is 372 g/mol. The van der Waals surface area contributed by atoms with Crippen LogP contribution in [-0.4, -0.2) is 31.6 Å². The van der Waals surface area contributed by atoms with Crippen LogP contribution in [0.25, 0.3) is 0 Å². The molecule has 6 heteroatoms. The number of hydrogen-bond donors (Lipinski definition) is 1. The van der Waals surface area contributed by atoms with E-state index in [1.165, 1.54) is 6.26 Å². The molecule has 2 aromatic rings. The lowest BCUT2D eigenvalue weighted by molar-refractivity contribution is 0.206. The smallest absolute Gasteiger partial charge is 0.317 e. The summed E-state index contributed by atoms with van der Waals surface area (Å²) in [5.41, 5.74) is 3.42. The lowest BCUT2D eigenvalue weighted by Gasteiger charge is -2.24. The van der Waals surface area contributed by atoms with Gasteiger partial charge in [0.25, 0.3) is 0 Å². The minimum absolute atomic E-state index is 0.0925. The van der Waals surface area contributed by atoms with Gasteiger partial charge in [0.2, 0.25) is 0 Å². The van der Waals surface area contributed by atoms with Crippen LogP contribution in [0.5, 0.6) is 0 Å². The molecule has 0 aromatic heterocycles. The van der Waals surface area contributed by atoms with Crippen LogP contribution in [0.4, 0.5) is 10.5 Å². The van der Waals surface area contributed by atoms with Crippen molar-refractivity contribution in [2.75, 3.05) is 11.6 Å². The van der Waals surface area contributed by atoms with Crippen LogP contribution < -0.4 is 5.32 Å². The van der Waals surface area contributed by atoms with Gasteiger partial charge in [-0.05, 0) is 37.0 Å². The molecule has 2 aromatic carbocycles. The van der Waals surface area contributed by atoms with Crippen molar-refractivity contribution < 1.29 is 13.2 Å². The first-order chi connectivity index (χ1) is 12.3. The van der Waals surface area contributed by atoms with Crippen LogP contribution >= 0.6 is 0 Å². The molecule has 5 nitrogen and oxygen atoms in total. The van der Waals surface area contributed by atoms with Crippen molar-refractivity contribution in [3.05, 3.63) is 65.2 Å². The predicted octanol–water partition coefficient (Wildman–Crippen LogP) is 3.74. The van der Waals surface area contributed by atoms with Crippen molar-refractivity contribution in [1.82, 2.24) is 4.90 Å². The summed E-state index contributed by atoms with van der Waals surface area (Å²) in [4.78, 5) is 14.7. The number of nitrogens with zero attached hydrogens (tertiary/aromatic N) is 1. The minimum Gasteiger partial charge on any atom is -0.317 e. The summed E-state index contributed by atoms with van der Waals surface area (Å²) in [6.45, 7) is 2.58. The quantitative estimate of drug-likeness (QED) is 0.840. The first-order valence-corrected chi connectivity index (χ1v) is 10.8. The van der Waals surface area contributed by atoms with E-state index in [-0.39, 0.29) is 17.8 Å². The maximum atomic E-state index is 12.9. The Morgan fingerprint density at radius 2 is 1.88 bits per heavy atom. The third-order valence-corrected chi connectivity index (χ3v) is 5.20. The molecule has 1 aliphatic carbocycles. The first kappa shape index (κ1) is 18.5. The Kier molecular flexibility index (Phi) is 5.32. The summed E-state index contributed by atoms with van der Waals surface area (Å²) in [7, 11) is -3.18. The van der Waals surface area contributed by atoms with E-state index in [1.807, 2.05) is 30.0 Å². The van der Waals surface area contributed by atoms with Crippen molar-refractivity contribution in [1.29, 1.82) is 0 Å². The third-order valence-electron chi connectivity index (χ3n) is 4.36. The third kappa shape index (κ3) is 5.08. The van der Waals surface area contributed by atoms with Gasteiger partial charge in [-0.25, -0.2) is 13.2 Å². The molecule has 0 unspecified atom stereocenters. The molecule has 2 amide bonds. The molecule has 0 saturated heterocycles. The Balaban J connectivity index is 1.77. The second-order valence-electron chi connectivity index (χ2n) is 7.01. The highest BCUT2D eigenvalue weighted by Crippen LogP contribution is 2.29. The average Bonchev–Trinajstić information content (AvgIpc) is 3.38. The van der Waals surface area contributed by atoms with E-state index in [4.69, 9.17) is 0 Å². The molecular formula is C20H24N2O3S. The van der Waals surface area contributed by atoms with E-state index >= 15 is 0 Å². The fourth-order valence-corrected chi connectivity index (χ4v) is 3.81. The highest BCUT2D eigenvalue weighted by Gasteiger charge is 2.33. The fraction of sp³-hybridized carbons (Fsp3) is 0.350. The number of hydrogen-bond acceptors (Lipinski definition) is 3. The van der Waals surface area contributed by atoms with Gasteiger partial charge >= 0.3 is 6.03 Å². The zero-order valence-electron chi connectivity index (χ0n) is 15.1.